The molecule has 3 rings (SSSR count). The van der Waals surface area contributed by atoms with Crippen molar-refractivity contribution in [2.75, 3.05) is 6.54 Å². The molecule has 0 atom stereocenters. The lowest BCUT2D eigenvalue weighted by molar-refractivity contribution is 0.687. The minimum Gasteiger partial charge on any atom is -0.312 e. The molecule has 2 heterocycles. The quantitative estimate of drug-likeness (QED) is 0.721. The van der Waals surface area contributed by atoms with Gasteiger partial charge in [-0.2, -0.15) is 5.10 Å². The van der Waals surface area contributed by atoms with E-state index in [1.165, 1.54) is 21.9 Å². The average Bonchev–Trinajstić information content (AvgIpc) is 2.89. The molecule has 4 heteroatoms. The third-order valence-electron chi connectivity index (χ3n) is 3.41. The topological polar surface area (TPSA) is 42.7 Å². The van der Waals surface area contributed by atoms with Gasteiger partial charge in [0.1, 0.15) is 0 Å². The van der Waals surface area contributed by atoms with Crippen LogP contribution in [0.15, 0.2) is 49.1 Å². The Bertz CT molecular complexity index is 697. The zero-order valence-corrected chi connectivity index (χ0v) is 11.6. The van der Waals surface area contributed by atoms with E-state index in [1.54, 1.807) is 0 Å². The summed E-state index contributed by atoms with van der Waals surface area (Å²) in [4.78, 5) is 4.30. The highest BCUT2D eigenvalue weighted by Crippen LogP contribution is 2.16. The maximum atomic E-state index is 4.30. The number of nitrogens with zero attached hydrogens (tertiary/aromatic N) is 3. The van der Waals surface area contributed by atoms with Crippen LogP contribution >= 0.6 is 0 Å². The molecule has 4 nitrogen and oxygen atoms in total. The van der Waals surface area contributed by atoms with Crippen LogP contribution in [0.25, 0.3) is 10.8 Å². The van der Waals surface area contributed by atoms with E-state index in [4.69, 9.17) is 0 Å². The van der Waals surface area contributed by atoms with Gasteiger partial charge in [0.25, 0.3) is 0 Å². The van der Waals surface area contributed by atoms with E-state index < -0.39 is 0 Å². The standard InChI is InChI=1S/C16H18N4/c1-20-12-13(8-19-20)6-7-17-10-15-11-18-9-14-4-2-3-5-16(14)15/h2-5,8-9,11-12,17H,6-7,10H2,1H3. The Morgan fingerprint density at radius 1 is 1.15 bits per heavy atom. The van der Waals surface area contributed by atoms with Gasteiger partial charge in [0, 0.05) is 37.6 Å². The first-order valence-electron chi connectivity index (χ1n) is 6.83. The molecule has 3 aromatic rings. The summed E-state index contributed by atoms with van der Waals surface area (Å²) in [7, 11) is 1.94. The van der Waals surface area contributed by atoms with Crippen LogP contribution in [0.2, 0.25) is 0 Å². The van der Waals surface area contributed by atoms with Crippen molar-refractivity contribution in [3.63, 3.8) is 0 Å². The van der Waals surface area contributed by atoms with Crippen LogP contribution in [0.3, 0.4) is 0 Å². The van der Waals surface area contributed by atoms with Crippen molar-refractivity contribution in [1.82, 2.24) is 20.1 Å². The molecule has 0 aliphatic rings. The van der Waals surface area contributed by atoms with Gasteiger partial charge in [-0.3, -0.25) is 9.67 Å². The fourth-order valence-electron chi connectivity index (χ4n) is 2.38. The molecule has 0 saturated heterocycles. The molecule has 1 aromatic carbocycles. The summed E-state index contributed by atoms with van der Waals surface area (Å²) in [6, 6.07) is 8.36. The number of hydrogen-bond donors (Lipinski definition) is 1. The highest BCUT2D eigenvalue weighted by atomic mass is 15.2. The second-order valence-corrected chi connectivity index (χ2v) is 4.97. The van der Waals surface area contributed by atoms with Gasteiger partial charge in [0.2, 0.25) is 0 Å². The normalized spacial score (nSPS) is 11.1. The second kappa shape index (κ2) is 5.84. The SMILES string of the molecule is Cn1cc(CCNCc2cncc3ccccc23)cn1. The van der Waals surface area contributed by atoms with Crippen LogP contribution in [0.4, 0.5) is 0 Å². The van der Waals surface area contributed by atoms with Gasteiger partial charge in [-0.1, -0.05) is 24.3 Å². The lowest BCUT2D eigenvalue weighted by Gasteiger charge is -2.07. The van der Waals surface area contributed by atoms with Crippen LogP contribution in [0, 0.1) is 0 Å². The summed E-state index contributed by atoms with van der Waals surface area (Å²) >= 11 is 0. The molecular formula is C16H18N4. The van der Waals surface area contributed by atoms with Gasteiger partial charge in [-0.05, 0) is 29.5 Å². The highest BCUT2D eigenvalue weighted by Gasteiger charge is 2.01. The van der Waals surface area contributed by atoms with Crippen LogP contribution < -0.4 is 5.32 Å². The van der Waals surface area contributed by atoms with E-state index in [9.17, 15) is 0 Å². The third kappa shape index (κ3) is 2.86. The molecule has 0 radical (unpaired) electrons. The first kappa shape index (κ1) is 12.8. The molecule has 0 amide bonds. The number of rotatable bonds is 5. The maximum absolute atomic E-state index is 4.30. The predicted octanol–water partition coefficient (Wildman–Crippen LogP) is 2.30. The first-order chi connectivity index (χ1) is 9.83. The molecule has 0 aliphatic heterocycles. The number of benzene rings is 1. The molecule has 0 bridgehead atoms. The van der Waals surface area contributed by atoms with Crippen molar-refractivity contribution in [1.29, 1.82) is 0 Å². The molecule has 0 saturated carbocycles. The van der Waals surface area contributed by atoms with E-state index in [0.717, 1.165) is 19.5 Å². The average molecular weight is 266 g/mol. The van der Waals surface area contributed by atoms with Crippen LogP contribution in [0.1, 0.15) is 11.1 Å². The minimum absolute atomic E-state index is 0.842. The number of hydrogen-bond acceptors (Lipinski definition) is 3. The Kier molecular flexibility index (Phi) is 3.74. The molecule has 0 aliphatic carbocycles. The molecule has 0 fully saturated rings. The van der Waals surface area contributed by atoms with E-state index in [-0.39, 0.29) is 0 Å². The summed E-state index contributed by atoms with van der Waals surface area (Å²) in [6.45, 7) is 1.78. The monoisotopic (exact) mass is 266 g/mol. The Morgan fingerprint density at radius 2 is 2.05 bits per heavy atom. The zero-order chi connectivity index (χ0) is 13.8. The first-order valence-corrected chi connectivity index (χ1v) is 6.83. The summed E-state index contributed by atoms with van der Waals surface area (Å²) in [5, 5.41) is 10.1. The van der Waals surface area contributed by atoms with E-state index >= 15 is 0 Å². The Balaban J connectivity index is 1.60. The number of pyridine rings is 1. The van der Waals surface area contributed by atoms with Crippen molar-refractivity contribution in [2.45, 2.75) is 13.0 Å². The Morgan fingerprint density at radius 3 is 2.90 bits per heavy atom. The smallest absolute Gasteiger partial charge is 0.0522 e. The number of fused-ring (bicyclic) bond motifs is 1. The maximum Gasteiger partial charge on any atom is 0.0522 e. The number of nitrogens with one attached hydrogen (secondary N) is 1. The summed E-state index contributed by atoms with van der Waals surface area (Å²) in [5.74, 6) is 0. The van der Waals surface area contributed by atoms with Gasteiger partial charge >= 0.3 is 0 Å². The number of aromatic nitrogens is 3. The van der Waals surface area contributed by atoms with Crippen molar-refractivity contribution in [3.05, 3.63) is 60.2 Å². The minimum atomic E-state index is 0.842. The van der Waals surface area contributed by atoms with Gasteiger partial charge in [-0.25, -0.2) is 0 Å². The number of aryl methyl sites for hydroxylation is 1. The van der Waals surface area contributed by atoms with Crippen molar-refractivity contribution in [2.24, 2.45) is 7.05 Å². The molecule has 102 valence electrons. The fourth-order valence-corrected chi connectivity index (χ4v) is 2.38. The zero-order valence-electron chi connectivity index (χ0n) is 11.6. The van der Waals surface area contributed by atoms with Gasteiger partial charge < -0.3 is 5.32 Å². The van der Waals surface area contributed by atoms with Gasteiger partial charge in [0.15, 0.2) is 0 Å². The second-order valence-electron chi connectivity index (χ2n) is 4.97. The fraction of sp³-hybridized carbons (Fsp3) is 0.250. The predicted molar refractivity (Wildman–Crippen MR) is 80.4 cm³/mol. The summed E-state index contributed by atoms with van der Waals surface area (Å²) < 4.78 is 1.84. The molecule has 0 unspecified atom stereocenters. The highest BCUT2D eigenvalue weighted by molar-refractivity contribution is 5.84. The lowest BCUT2D eigenvalue weighted by atomic mass is 10.1. The largest absolute Gasteiger partial charge is 0.312 e. The third-order valence-corrected chi connectivity index (χ3v) is 3.41. The molecule has 20 heavy (non-hydrogen) atoms. The molecule has 0 spiro atoms. The Labute approximate surface area is 118 Å². The molecule has 2 aromatic heterocycles. The van der Waals surface area contributed by atoms with Crippen LogP contribution in [-0.2, 0) is 20.0 Å². The van der Waals surface area contributed by atoms with Gasteiger partial charge in [-0.15, -0.1) is 0 Å². The van der Waals surface area contributed by atoms with E-state index in [0.29, 0.717) is 0 Å². The van der Waals surface area contributed by atoms with E-state index in [2.05, 4.69) is 39.8 Å². The van der Waals surface area contributed by atoms with Crippen molar-refractivity contribution in [3.8, 4) is 0 Å². The van der Waals surface area contributed by atoms with Crippen LogP contribution in [-0.4, -0.2) is 21.3 Å². The van der Waals surface area contributed by atoms with Crippen molar-refractivity contribution >= 4 is 10.8 Å². The van der Waals surface area contributed by atoms with Crippen LogP contribution in [0.5, 0.6) is 0 Å². The Hall–Kier alpha value is -2.20. The summed E-state index contributed by atoms with van der Waals surface area (Å²) in [5.41, 5.74) is 2.50. The van der Waals surface area contributed by atoms with E-state index in [1.807, 2.05) is 36.4 Å². The molecular weight excluding hydrogens is 248 g/mol. The lowest BCUT2D eigenvalue weighted by Crippen LogP contribution is -2.16. The van der Waals surface area contributed by atoms with Crippen molar-refractivity contribution < 1.29 is 0 Å². The van der Waals surface area contributed by atoms with Gasteiger partial charge in [0.05, 0.1) is 6.20 Å². The molecule has 1 N–H and O–H groups in total. The summed E-state index contributed by atoms with van der Waals surface area (Å²) in [6.07, 6.45) is 8.82.